The van der Waals surface area contributed by atoms with Crippen molar-refractivity contribution in [2.75, 3.05) is 0 Å². The number of non-ortho nitro benzene ring substituents is 1. The van der Waals surface area contributed by atoms with Gasteiger partial charge in [-0.25, -0.2) is 4.98 Å². The van der Waals surface area contributed by atoms with Crippen molar-refractivity contribution in [2.24, 2.45) is 0 Å². The van der Waals surface area contributed by atoms with Gasteiger partial charge in [0.2, 0.25) is 11.8 Å². The lowest BCUT2D eigenvalue weighted by Crippen LogP contribution is -2.22. The molecule has 38 heavy (non-hydrogen) atoms. The van der Waals surface area contributed by atoms with Crippen molar-refractivity contribution in [2.45, 2.75) is 23.9 Å². The Hall–Kier alpha value is -4.65. The highest BCUT2D eigenvalue weighted by Crippen LogP contribution is 2.35. The number of para-hydroxylation sites is 1. The molecule has 0 amide bonds. The summed E-state index contributed by atoms with van der Waals surface area (Å²) in [4.78, 5) is 28.5. The maximum atomic E-state index is 13.5. The molecule has 192 valence electrons. The molecule has 1 atom stereocenters. The van der Waals surface area contributed by atoms with Gasteiger partial charge < -0.3 is 9.15 Å². The molecule has 5 rings (SSSR count). The van der Waals surface area contributed by atoms with E-state index in [0.29, 0.717) is 27.3 Å². The van der Waals surface area contributed by atoms with Gasteiger partial charge in [0.05, 0.1) is 26.8 Å². The number of benzene rings is 3. The number of ether oxygens (including phenoxy) is 1. The van der Waals surface area contributed by atoms with E-state index >= 15 is 0 Å². The molecule has 0 bridgehead atoms. The van der Waals surface area contributed by atoms with E-state index in [1.807, 2.05) is 0 Å². The largest absolute Gasteiger partial charge is 0.435 e. The van der Waals surface area contributed by atoms with Crippen LogP contribution in [0.2, 0.25) is 0 Å². The smallest absolute Gasteiger partial charge is 0.387 e. The number of nitro groups is 1. The zero-order valence-electron chi connectivity index (χ0n) is 19.5. The van der Waals surface area contributed by atoms with Crippen molar-refractivity contribution in [3.63, 3.8) is 0 Å². The highest BCUT2D eigenvalue weighted by atomic mass is 32.2. The average Bonchev–Trinajstić information content (AvgIpc) is 3.40. The van der Waals surface area contributed by atoms with Crippen LogP contribution in [-0.2, 0) is 0 Å². The summed E-state index contributed by atoms with van der Waals surface area (Å²) in [6.45, 7) is -1.17. The highest BCUT2D eigenvalue weighted by Gasteiger charge is 2.21. The minimum atomic E-state index is -2.97. The molecule has 0 fully saturated rings. The zero-order valence-corrected chi connectivity index (χ0v) is 20.3. The number of nitro benzene ring substituents is 1. The van der Waals surface area contributed by atoms with E-state index in [0.717, 1.165) is 0 Å². The lowest BCUT2D eigenvalue weighted by atomic mass is 10.2. The van der Waals surface area contributed by atoms with Gasteiger partial charge in [-0.1, -0.05) is 23.9 Å². The van der Waals surface area contributed by atoms with Crippen LogP contribution in [-0.4, -0.2) is 31.3 Å². The lowest BCUT2D eigenvalue weighted by Gasteiger charge is -2.15. The first kappa shape index (κ1) is 25.0. The third-order valence-electron chi connectivity index (χ3n) is 5.46. The van der Waals surface area contributed by atoms with Crippen LogP contribution in [0.25, 0.3) is 28.0 Å². The standard InChI is InChI=1S/C25H17F2N5O5S/c1-14(21-29-30-22(37-21)15-6-8-17(9-7-15)32(34)35)38-25-28-20-5-3-2-4-19(20)23(33)31(25)16-10-12-18(13-11-16)36-24(26)27/h2-14,24H,1H3. The Balaban J connectivity index is 1.49. The van der Waals surface area contributed by atoms with E-state index < -0.39 is 16.8 Å². The van der Waals surface area contributed by atoms with Crippen molar-refractivity contribution < 1.29 is 22.9 Å². The third kappa shape index (κ3) is 5.09. The molecular formula is C25H17F2N5O5S. The van der Waals surface area contributed by atoms with Crippen LogP contribution in [0.3, 0.4) is 0 Å². The van der Waals surface area contributed by atoms with Crippen LogP contribution in [0, 0.1) is 10.1 Å². The summed E-state index contributed by atoms with van der Waals surface area (Å²) in [5.74, 6) is 0.386. The number of alkyl halides is 2. The van der Waals surface area contributed by atoms with Gasteiger partial charge in [0, 0.05) is 17.7 Å². The van der Waals surface area contributed by atoms with Crippen LogP contribution in [0.1, 0.15) is 18.1 Å². The number of fused-ring (bicyclic) bond motifs is 1. The maximum absolute atomic E-state index is 13.5. The van der Waals surface area contributed by atoms with Gasteiger partial charge in [-0.05, 0) is 55.5 Å². The predicted molar refractivity (Wildman–Crippen MR) is 135 cm³/mol. The van der Waals surface area contributed by atoms with E-state index in [2.05, 4.69) is 19.9 Å². The molecule has 2 aromatic heterocycles. The van der Waals surface area contributed by atoms with E-state index in [9.17, 15) is 23.7 Å². The van der Waals surface area contributed by atoms with Gasteiger partial charge in [-0.2, -0.15) is 8.78 Å². The first-order chi connectivity index (χ1) is 18.3. The molecule has 0 spiro atoms. The van der Waals surface area contributed by atoms with Gasteiger partial charge in [-0.15, -0.1) is 10.2 Å². The normalized spacial score (nSPS) is 12.1. The number of aromatic nitrogens is 4. The summed E-state index contributed by atoms with van der Waals surface area (Å²) in [5.41, 5.74) is 0.995. The van der Waals surface area contributed by atoms with Gasteiger partial charge >= 0.3 is 6.61 Å². The highest BCUT2D eigenvalue weighted by molar-refractivity contribution is 7.99. The SMILES string of the molecule is CC(Sc1nc2ccccc2c(=O)n1-c1ccc(OC(F)F)cc1)c1nnc(-c2ccc([N+](=O)[O-])cc2)o1. The van der Waals surface area contributed by atoms with Gasteiger partial charge in [0.1, 0.15) is 5.75 Å². The molecule has 0 aliphatic rings. The van der Waals surface area contributed by atoms with E-state index in [1.165, 1.54) is 64.9 Å². The Morgan fingerprint density at radius 2 is 1.74 bits per heavy atom. The quantitative estimate of drug-likeness (QED) is 0.104. The molecule has 2 heterocycles. The number of halogens is 2. The fraction of sp³-hybridized carbons (Fsp3) is 0.120. The van der Waals surface area contributed by atoms with Crippen LogP contribution in [0.5, 0.6) is 5.75 Å². The molecule has 0 saturated heterocycles. The fourth-order valence-electron chi connectivity index (χ4n) is 3.65. The summed E-state index contributed by atoms with van der Waals surface area (Å²) < 4.78 is 36.7. The molecule has 0 N–H and O–H groups in total. The second kappa shape index (κ2) is 10.4. The Morgan fingerprint density at radius 3 is 2.42 bits per heavy atom. The Labute approximate surface area is 217 Å². The molecule has 3 aromatic carbocycles. The molecule has 0 aliphatic heterocycles. The summed E-state index contributed by atoms with van der Waals surface area (Å²) >= 11 is 1.19. The monoisotopic (exact) mass is 537 g/mol. The predicted octanol–water partition coefficient (Wildman–Crippen LogP) is 5.80. The van der Waals surface area contributed by atoms with E-state index in [4.69, 9.17) is 4.42 Å². The van der Waals surface area contributed by atoms with Gasteiger partial charge in [-0.3, -0.25) is 19.5 Å². The van der Waals surface area contributed by atoms with E-state index in [1.54, 1.807) is 31.2 Å². The second-order valence-electron chi connectivity index (χ2n) is 7.93. The molecule has 13 heteroatoms. The number of hydrogen-bond donors (Lipinski definition) is 0. The van der Waals surface area contributed by atoms with Crippen LogP contribution >= 0.6 is 11.8 Å². The van der Waals surface area contributed by atoms with Crippen molar-refractivity contribution in [1.82, 2.24) is 19.7 Å². The Kier molecular flexibility index (Phi) is 6.83. The molecular weight excluding hydrogens is 520 g/mol. The second-order valence-corrected chi connectivity index (χ2v) is 9.24. The fourth-order valence-corrected chi connectivity index (χ4v) is 4.60. The van der Waals surface area contributed by atoms with Crippen molar-refractivity contribution in [3.8, 4) is 22.9 Å². The number of nitrogens with zero attached hydrogens (tertiary/aromatic N) is 5. The molecule has 1 unspecified atom stereocenters. The third-order valence-corrected chi connectivity index (χ3v) is 6.50. The molecule has 0 saturated carbocycles. The summed E-state index contributed by atoms with van der Waals surface area (Å²) in [5, 5.41) is 19.3. The van der Waals surface area contributed by atoms with Crippen LogP contribution < -0.4 is 10.3 Å². The minimum absolute atomic E-state index is 0.0437. The Morgan fingerprint density at radius 1 is 1.03 bits per heavy atom. The molecule has 0 aliphatic carbocycles. The first-order valence-corrected chi connectivity index (χ1v) is 12.0. The topological polar surface area (TPSA) is 126 Å². The van der Waals surface area contributed by atoms with Crippen LogP contribution in [0.4, 0.5) is 14.5 Å². The van der Waals surface area contributed by atoms with Crippen molar-refractivity contribution in [3.05, 3.63) is 99.2 Å². The van der Waals surface area contributed by atoms with Crippen LogP contribution in [0.15, 0.2) is 87.2 Å². The number of hydrogen-bond acceptors (Lipinski definition) is 9. The van der Waals surface area contributed by atoms with Gasteiger partial charge in [0.15, 0.2) is 5.16 Å². The average molecular weight is 538 g/mol. The molecule has 10 nitrogen and oxygen atoms in total. The van der Waals surface area contributed by atoms with E-state index in [-0.39, 0.29) is 28.8 Å². The number of thioether (sulfide) groups is 1. The maximum Gasteiger partial charge on any atom is 0.387 e. The zero-order chi connectivity index (χ0) is 26.8. The summed E-state index contributed by atoms with van der Waals surface area (Å²) in [6, 6.07) is 18.2. The lowest BCUT2D eigenvalue weighted by molar-refractivity contribution is -0.384. The number of rotatable bonds is 8. The summed E-state index contributed by atoms with van der Waals surface area (Å²) in [6.07, 6.45) is 0. The minimum Gasteiger partial charge on any atom is -0.435 e. The Bertz CT molecular complexity index is 1670. The van der Waals surface area contributed by atoms with Gasteiger partial charge in [0.25, 0.3) is 11.2 Å². The van der Waals surface area contributed by atoms with Crippen molar-refractivity contribution >= 4 is 28.4 Å². The molecule has 5 aromatic rings. The first-order valence-electron chi connectivity index (χ1n) is 11.1. The van der Waals surface area contributed by atoms with Crippen molar-refractivity contribution in [1.29, 1.82) is 0 Å². The summed E-state index contributed by atoms with van der Waals surface area (Å²) in [7, 11) is 0. The molecule has 0 radical (unpaired) electrons.